The van der Waals surface area contributed by atoms with Crippen molar-refractivity contribution in [2.24, 2.45) is 0 Å². The van der Waals surface area contributed by atoms with Crippen molar-refractivity contribution in [1.82, 2.24) is 4.90 Å². The summed E-state index contributed by atoms with van der Waals surface area (Å²) in [4.78, 5) is 2.23. The van der Waals surface area contributed by atoms with Crippen LogP contribution in [0.25, 0.3) is 0 Å². The highest BCUT2D eigenvalue weighted by atomic mass is 16.5. The highest BCUT2D eigenvalue weighted by Gasteiger charge is 2.22. The number of methoxy groups -OCH3 is 1. The van der Waals surface area contributed by atoms with Gasteiger partial charge in [0.1, 0.15) is 0 Å². The van der Waals surface area contributed by atoms with Crippen LogP contribution in [0.5, 0.6) is 0 Å². The lowest BCUT2D eigenvalue weighted by molar-refractivity contribution is 0.0582. The molecule has 0 radical (unpaired) electrons. The average molecular weight is 182 g/mol. The first-order valence-corrected chi connectivity index (χ1v) is 4.94. The van der Waals surface area contributed by atoms with Crippen molar-refractivity contribution < 1.29 is 4.74 Å². The Bertz CT molecular complexity index is 188. The van der Waals surface area contributed by atoms with E-state index in [1.54, 1.807) is 7.11 Å². The van der Waals surface area contributed by atoms with Crippen LogP contribution in [0, 0.1) is 11.3 Å². The van der Waals surface area contributed by atoms with E-state index in [2.05, 4.69) is 11.0 Å². The van der Waals surface area contributed by atoms with Crippen LogP contribution in [0.4, 0.5) is 0 Å². The van der Waals surface area contributed by atoms with E-state index in [0.29, 0.717) is 0 Å². The Morgan fingerprint density at radius 1 is 1.62 bits per heavy atom. The standard InChI is InChI=1S/C10H18N2O/c1-9(13-2)8-12-6-4-3-5-10(12)7-11/h9-10H,3-6,8H2,1-2H3. The van der Waals surface area contributed by atoms with E-state index >= 15 is 0 Å². The lowest BCUT2D eigenvalue weighted by Gasteiger charge is -2.32. The van der Waals surface area contributed by atoms with E-state index in [1.165, 1.54) is 12.8 Å². The third-order valence-corrected chi connectivity index (χ3v) is 2.66. The molecule has 13 heavy (non-hydrogen) atoms. The van der Waals surface area contributed by atoms with E-state index < -0.39 is 0 Å². The van der Waals surface area contributed by atoms with Crippen molar-refractivity contribution in [1.29, 1.82) is 5.26 Å². The highest BCUT2D eigenvalue weighted by molar-refractivity contribution is 4.94. The molecule has 1 fully saturated rings. The van der Waals surface area contributed by atoms with Crippen LogP contribution >= 0.6 is 0 Å². The molecule has 1 aliphatic heterocycles. The number of rotatable bonds is 3. The SMILES string of the molecule is COC(C)CN1CCCCC1C#N. The van der Waals surface area contributed by atoms with Crippen molar-refractivity contribution in [3.8, 4) is 6.07 Å². The maximum absolute atomic E-state index is 8.91. The number of likely N-dealkylation sites (tertiary alicyclic amines) is 1. The summed E-state index contributed by atoms with van der Waals surface area (Å²) in [5.74, 6) is 0. The van der Waals surface area contributed by atoms with Crippen LogP contribution in [0.1, 0.15) is 26.2 Å². The Balaban J connectivity index is 2.41. The zero-order valence-corrected chi connectivity index (χ0v) is 8.49. The summed E-state index contributed by atoms with van der Waals surface area (Å²) < 4.78 is 5.19. The fourth-order valence-corrected chi connectivity index (χ4v) is 1.76. The van der Waals surface area contributed by atoms with Gasteiger partial charge >= 0.3 is 0 Å². The van der Waals surface area contributed by atoms with Gasteiger partial charge in [-0.05, 0) is 32.7 Å². The van der Waals surface area contributed by atoms with Gasteiger partial charge in [-0.15, -0.1) is 0 Å². The molecule has 0 spiro atoms. The summed E-state index contributed by atoms with van der Waals surface area (Å²) in [6, 6.07) is 2.47. The van der Waals surface area contributed by atoms with Crippen molar-refractivity contribution in [2.75, 3.05) is 20.2 Å². The van der Waals surface area contributed by atoms with Crippen LogP contribution in [0.3, 0.4) is 0 Å². The van der Waals surface area contributed by atoms with Gasteiger partial charge < -0.3 is 4.74 Å². The first-order valence-electron chi connectivity index (χ1n) is 4.94. The molecule has 0 aromatic heterocycles. The highest BCUT2D eigenvalue weighted by Crippen LogP contribution is 2.16. The van der Waals surface area contributed by atoms with Crippen molar-refractivity contribution in [2.45, 2.75) is 38.3 Å². The minimum Gasteiger partial charge on any atom is -0.380 e. The zero-order valence-electron chi connectivity index (χ0n) is 8.49. The molecule has 3 nitrogen and oxygen atoms in total. The molecule has 0 bridgehead atoms. The van der Waals surface area contributed by atoms with E-state index in [0.717, 1.165) is 19.5 Å². The molecular weight excluding hydrogens is 164 g/mol. The number of hydrogen-bond acceptors (Lipinski definition) is 3. The maximum atomic E-state index is 8.91. The van der Waals surface area contributed by atoms with E-state index in [4.69, 9.17) is 10.00 Å². The second kappa shape index (κ2) is 5.21. The first kappa shape index (κ1) is 10.5. The van der Waals surface area contributed by atoms with E-state index in [1.807, 2.05) is 6.92 Å². The topological polar surface area (TPSA) is 36.3 Å². The number of nitriles is 1. The molecule has 0 aromatic carbocycles. The van der Waals surface area contributed by atoms with Crippen LogP contribution in [0.2, 0.25) is 0 Å². The predicted octanol–water partition coefficient (Wildman–Crippen LogP) is 1.40. The lowest BCUT2D eigenvalue weighted by atomic mass is 10.0. The molecule has 3 heteroatoms. The quantitative estimate of drug-likeness (QED) is 0.662. The normalized spacial score (nSPS) is 26.7. The molecule has 0 aliphatic carbocycles. The molecule has 74 valence electrons. The molecule has 0 amide bonds. The summed E-state index contributed by atoms with van der Waals surface area (Å²) in [6.07, 6.45) is 3.66. The number of piperidine rings is 1. The van der Waals surface area contributed by atoms with Crippen LogP contribution < -0.4 is 0 Å². The van der Waals surface area contributed by atoms with Gasteiger partial charge in [0.15, 0.2) is 0 Å². The van der Waals surface area contributed by atoms with Crippen molar-refractivity contribution in [3.05, 3.63) is 0 Å². The summed E-state index contributed by atoms with van der Waals surface area (Å²) in [6.45, 7) is 3.98. The van der Waals surface area contributed by atoms with Gasteiger partial charge in [0.2, 0.25) is 0 Å². The molecular formula is C10H18N2O. The van der Waals surface area contributed by atoms with Gasteiger partial charge in [-0.25, -0.2) is 0 Å². The monoisotopic (exact) mass is 182 g/mol. The molecule has 1 heterocycles. The van der Waals surface area contributed by atoms with Crippen LogP contribution in [0.15, 0.2) is 0 Å². The molecule has 1 saturated heterocycles. The minimum atomic E-state index is 0.117. The van der Waals surface area contributed by atoms with Crippen molar-refractivity contribution in [3.63, 3.8) is 0 Å². The lowest BCUT2D eigenvalue weighted by Crippen LogP contribution is -2.42. The summed E-state index contributed by atoms with van der Waals surface area (Å²) in [5, 5.41) is 8.91. The maximum Gasteiger partial charge on any atom is 0.0978 e. The average Bonchev–Trinajstić information content (AvgIpc) is 2.18. The van der Waals surface area contributed by atoms with Gasteiger partial charge in [0.25, 0.3) is 0 Å². The zero-order chi connectivity index (χ0) is 9.68. The number of hydrogen-bond donors (Lipinski definition) is 0. The fraction of sp³-hybridized carbons (Fsp3) is 0.900. The van der Waals surface area contributed by atoms with E-state index in [-0.39, 0.29) is 12.1 Å². The molecule has 1 rings (SSSR count). The van der Waals surface area contributed by atoms with Crippen molar-refractivity contribution >= 4 is 0 Å². The Morgan fingerprint density at radius 3 is 3.00 bits per heavy atom. The largest absolute Gasteiger partial charge is 0.380 e. The number of nitrogens with zero attached hydrogens (tertiary/aromatic N) is 2. The molecule has 0 saturated carbocycles. The summed E-state index contributed by atoms with van der Waals surface area (Å²) in [5.41, 5.74) is 0. The van der Waals surface area contributed by atoms with Crippen LogP contribution in [-0.4, -0.2) is 37.2 Å². The van der Waals surface area contributed by atoms with Gasteiger partial charge in [-0.1, -0.05) is 0 Å². The molecule has 2 unspecified atom stereocenters. The summed E-state index contributed by atoms with van der Waals surface area (Å²) >= 11 is 0. The Kier molecular flexibility index (Phi) is 4.20. The van der Waals surface area contributed by atoms with Crippen LogP contribution in [-0.2, 0) is 4.74 Å². The van der Waals surface area contributed by atoms with Gasteiger partial charge in [0.05, 0.1) is 18.2 Å². The third kappa shape index (κ3) is 2.98. The minimum absolute atomic E-state index is 0.117. The second-order valence-electron chi connectivity index (χ2n) is 3.68. The smallest absolute Gasteiger partial charge is 0.0978 e. The second-order valence-corrected chi connectivity index (χ2v) is 3.68. The molecule has 1 aliphatic rings. The van der Waals surface area contributed by atoms with Gasteiger partial charge in [-0.2, -0.15) is 5.26 Å². The Labute approximate surface area is 80.3 Å². The molecule has 0 N–H and O–H groups in total. The molecule has 2 atom stereocenters. The predicted molar refractivity (Wildman–Crippen MR) is 51.3 cm³/mol. The Morgan fingerprint density at radius 2 is 2.38 bits per heavy atom. The molecule has 0 aromatic rings. The van der Waals surface area contributed by atoms with Gasteiger partial charge in [-0.3, -0.25) is 4.90 Å². The van der Waals surface area contributed by atoms with Gasteiger partial charge in [0, 0.05) is 13.7 Å². The first-order chi connectivity index (χ1) is 6.27. The number of ether oxygens (including phenoxy) is 1. The fourth-order valence-electron chi connectivity index (χ4n) is 1.76. The summed E-state index contributed by atoms with van der Waals surface area (Å²) in [7, 11) is 1.72. The Hall–Kier alpha value is -0.590. The van der Waals surface area contributed by atoms with E-state index in [9.17, 15) is 0 Å². The third-order valence-electron chi connectivity index (χ3n) is 2.66.